The Morgan fingerprint density at radius 3 is 2.68 bits per heavy atom. The number of rotatable bonds is 8. The molecule has 0 unspecified atom stereocenters. The van der Waals surface area contributed by atoms with Gasteiger partial charge in [0.15, 0.2) is 10.9 Å². The molecule has 10 heteroatoms. The standard InChI is InChI=1S/C21H22F2N6OS/c1-3-27(4-2)9-10-28(21-24-20-15(23)11-14(22)12-18(20)31-21)19(30)13-29-17-8-6-5-7-16(17)25-26-29/h5-8,11-12H,3-4,9-10,13H2,1-2H3. The topological polar surface area (TPSA) is 67.2 Å². The van der Waals surface area contributed by atoms with Crippen molar-refractivity contribution in [3.63, 3.8) is 0 Å². The van der Waals surface area contributed by atoms with E-state index in [1.165, 1.54) is 15.6 Å². The van der Waals surface area contributed by atoms with Crippen LogP contribution in [-0.4, -0.2) is 57.0 Å². The monoisotopic (exact) mass is 444 g/mol. The molecule has 0 spiro atoms. The SMILES string of the molecule is CCN(CC)CCN(C(=O)Cn1nnc2ccccc21)c1nc2c(F)cc(F)cc2s1. The van der Waals surface area contributed by atoms with Crippen molar-refractivity contribution in [3.8, 4) is 0 Å². The molecule has 0 saturated carbocycles. The lowest BCUT2D eigenvalue weighted by molar-refractivity contribution is -0.119. The first-order valence-corrected chi connectivity index (χ1v) is 10.9. The van der Waals surface area contributed by atoms with Crippen LogP contribution in [0.15, 0.2) is 36.4 Å². The number of carbonyl (C=O) groups is 1. The Bertz CT molecular complexity index is 1220. The molecular formula is C21H22F2N6OS. The number of halogens is 2. The summed E-state index contributed by atoms with van der Waals surface area (Å²) in [4.78, 5) is 21.3. The van der Waals surface area contributed by atoms with Crippen LogP contribution in [0.4, 0.5) is 13.9 Å². The maximum Gasteiger partial charge on any atom is 0.250 e. The molecule has 2 aromatic heterocycles. The largest absolute Gasteiger partial charge is 0.302 e. The molecule has 2 aromatic carbocycles. The minimum atomic E-state index is -0.740. The summed E-state index contributed by atoms with van der Waals surface area (Å²) >= 11 is 1.10. The van der Waals surface area contributed by atoms with Gasteiger partial charge in [0, 0.05) is 19.2 Å². The molecule has 0 atom stereocenters. The summed E-state index contributed by atoms with van der Waals surface area (Å²) in [6, 6.07) is 9.42. The van der Waals surface area contributed by atoms with Gasteiger partial charge >= 0.3 is 0 Å². The molecule has 0 aliphatic carbocycles. The van der Waals surface area contributed by atoms with Crippen molar-refractivity contribution in [3.05, 3.63) is 48.0 Å². The van der Waals surface area contributed by atoms with Crippen molar-refractivity contribution < 1.29 is 13.6 Å². The average molecular weight is 445 g/mol. The molecule has 0 aliphatic rings. The van der Waals surface area contributed by atoms with E-state index in [0.29, 0.717) is 28.4 Å². The summed E-state index contributed by atoms with van der Waals surface area (Å²) in [5.74, 6) is -1.66. The number of fused-ring (bicyclic) bond motifs is 2. The first-order valence-electron chi connectivity index (χ1n) is 10.1. The van der Waals surface area contributed by atoms with E-state index in [0.717, 1.165) is 36.0 Å². The number of hydrogen-bond acceptors (Lipinski definition) is 6. The van der Waals surface area contributed by atoms with Gasteiger partial charge in [-0.1, -0.05) is 42.5 Å². The van der Waals surface area contributed by atoms with E-state index in [-0.39, 0.29) is 18.0 Å². The van der Waals surface area contributed by atoms with Crippen molar-refractivity contribution >= 4 is 43.6 Å². The Morgan fingerprint density at radius 2 is 1.90 bits per heavy atom. The van der Waals surface area contributed by atoms with Crippen molar-refractivity contribution in [2.45, 2.75) is 20.4 Å². The summed E-state index contributed by atoms with van der Waals surface area (Å²) in [6.45, 7) is 6.74. The van der Waals surface area contributed by atoms with Gasteiger partial charge in [0.1, 0.15) is 23.4 Å². The molecule has 0 bridgehead atoms. The molecule has 0 fully saturated rings. The van der Waals surface area contributed by atoms with Crippen LogP contribution in [0.1, 0.15) is 13.8 Å². The highest BCUT2D eigenvalue weighted by atomic mass is 32.1. The third-order valence-electron chi connectivity index (χ3n) is 5.17. The van der Waals surface area contributed by atoms with E-state index < -0.39 is 11.6 Å². The summed E-state index contributed by atoms with van der Waals surface area (Å²) in [6.07, 6.45) is 0. The van der Waals surface area contributed by atoms with Crippen LogP contribution in [0.25, 0.3) is 21.3 Å². The smallest absolute Gasteiger partial charge is 0.250 e. The predicted molar refractivity (Wildman–Crippen MR) is 117 cm³/mol. The number of nitrogens with zero attached hydrogens (tertiary/aromatic N) is 6. The van der Waals surface area contributed by atoms with Crippen LogP contribution in [0.3, 0.4) is 0 Å². The fourth-order valence-corrected chi connectivity index (χ4v) is 4.47. The molecule has 2 heterocycles. The lowest BCUT2D eigenvalue weighted by Crippen LogP contribution is -2.40. The van der Waals surface area contributed by atoms with Gasteiger partial charge in [0.2, 0.25) is 0 Å². The van der Waals surface area contributed by atoms with Crippen molar-refractivity contribution in [1.82, 2.24) is 24.9 Å². The second-order valence-electron chi connectivity index (χ2n) is 7.04. The molecule has 7 nitrogen and oxygen atoms in total. The number of para-hydroxylation sites is 1. The third-order valence-corrected chi connectivity index (χ3v) is 6.20. The molecule has 0 N–H and O–H groups in total. The number of hydrogen-bond donors (Lipinski definition) is 0. The predicted octanol–water partition coefficient (Wildman–Crippen LogP) is 3.69. The fourth-order valence-electron chi connectivity index (χ4n) is 3.42. The number of aromatic nitrogens is 4. The molecule has 162 valence electrons. The first kappa shape index (κ1) is 21.3. The van der Waals surface area contributed by atoms with Gasteiger partial charge in [-0.3, -0.25) is 9.69 Å². The van der Waals surface area contributed by atoms with Gasteiger partial charge in [-0.2, -0.15) is 0 Å². The van der Waals surface area contributed by atoms with Crippen molar-refractivity contribution in [2.24, 2.45) is 0 Å². The Hall–Kier alpha value is -2.98. The lowest BCUT2D eigenvalue weighted by atomic mass is 10.3. The fraction of sp³-hybridized carbons (Fsp3) is 0.333. The second-order valence-corrected chi connectivity index (χ2v) is 8.05. The second kappa shape index (κ2) is 9.03. The van der Waals surface area contributed by atoms with E-state index in [9.17, 15) is 13.6 Å². The Kier molecular flexibility index (Phi) is 6.19. The molecule has 31 heavy (non-hydrogen) atoms. The third kappa shape index (κ3) is 4.40. The highest BCUT2D eigenvalue weighted by Gasteiger charge is 2.23. The van der Waals surface area contributed by atoms with E-state index in [1.807, 2.05) is 38.1 Å². The van der Waals surface area contributed by atoms with Crippen LogP contribution >= 0.6 is 11.3 Å². The van der Waals surface area contributed by atoms with Gasteiger partial charge < -0.3 is 4.90 Å². The first-order chi connectivity index (χ1) is 15.0. The van der Waals surface area contributed by atoms with Gasteiger partial charge in [-0.15, -0.1) is 5.10 Å². The van der Waals surface area contributed by atoms with Crippen LogP contribution < -0.4 is 4.90 Å². The van der Waals surface area contributed by atoms with Crippen LogP contribution in [0, 0.1) is 11.6 Å². The number of benzene rings is 2. The van der Waals surface area contributed by atoms with Crippen LogP contribution in [-0.2, 0) is 11.3 Å². The van der Waals surface area contributed by atoms with E-state index in [4.69, 9.17) is 0 Å². The van der Waals surface area contributed by atoms with E-state index in [2.05, 4.69) is 20.2 Å². The zero-order valence-corrected chi connectivity index (χ0v) is 18.1. The van der Waals surface area contributed by atoms with Gasteiger partial charge in [-0.05, 0) is 31.3 Å². The highest BCUT2D eigenvalue weighted by molar-refractivity contribution is 7.22. The molecule has 0 aliphatic heterocycles. The molecule has 4 aromatic rings. The quantitative estimate of drug-likeness (QED) is 0.415. The maximum atomic E-state index is 14.2. The molecule has 0 radical (unpaired) electrons. The summed E-state index contributed by atoms with van der Waals surface area (Å²) in [5.41, 5.74) is 1.51. The van der Waals surface area contributed by atoms with E-state index in [1.54, 1.807) is 0 Å². The number of amides is 1. The molecular weight excluding hydrogens is 422 g/mol. The van der Waals surface area contributed by atoms with Crippen molar-refractivity contribution in [2.75, 3.05) is 31.1 Å². The van der Waals surface area contributed by atoms with Crippen LogP contribution in [0.2, 0.25) is 0 Å². The highest BCUT2D eigenvalue weighted by Crippen LogP contribution is 2.31. The number of thiazole rings is 1. The Morgan fingerprint density at radius 1 is 1.13 bits per heavy atom. The number of carbonyl (C=O) groups excluding carboxylic acids is 1. The van der Waals surface area contributed by atoms with Gasteiger partial charge in [0.25, 0.3) is 5.91 Å². The van der Waals surface area contributed by atoms with Gasteiger partial charge in [-0.25, -0.2) is 18.4 Å². The summed E-state index contributed by atoms with van der Waals surface area (Å²) < 4.78 is 29.7. The van der Waals surface area contributed by atoms with Crippen molar-refractivity contribution in [1.29, 1.82) is 0 Å². The molecule has 4 rings (SSSR count). The average Bonchev–Trinajstić information content (AvgIpc) is 3.36. The molecule has 1 amide bonds. The van der Waals surface area contributed by atoms with E-state index >= 15 is 0 Å². The maximum absolute atomic E-state index is 14.2. The zero-order chi connectivity index (χ0) is 22.0. The van der Waals surface area contributed by atoms with Crippen LogP contribution in [0.5, 0.6) is 0 Å². The number of likely N-dealkylation sites (N-methyl/N-ethyl adjacent to an activating group) is 1. The lowest BCUT2D eigenvalue weighted by Gasteiger charge is -2.24. The summed E-state index contributed by atoms with van der Waals surface area (Å²) in [7, 11) is 0. The minimum absolute atomic E-state index is 0.0362. The van der Waals surface area contributed by atoms with Gasteiger partial charge in [0.05, 0.1) is 10.2 Å². The minimum Gasteiger partial charge on any atom is -0.302 e. The number of anilines is 1. The Labute approximate surface area is 181 Å². The molecule has 0 saturated heterocycles. The normalized spacial score (nSPS) is 11.6. The summed E-state index contributed by atoms with van der Waals surface area (Å²) in [5, 5.41) is 8.51. The zero-order valence-electron chi connectivity index (χ0n) is 17.3. The Balaban J connectivity index is 1.66.